The third-order valence-electron chi connectivity index (χ3n) is 6.64. The first-order chi connectivity index (χ1) is 19.0. The number of carbonyl (C=O) groups is 2. The van der Waals surface area contributed by atoms with Crippen LogP contribution in [0.2, 0.25) is 0 Å². The molecule has 0 aromatic carbocycles. The van der Waals surface area contributed by atoms with Crippen LogP contribution in [0.25, 0.3) is 0 Å². The van der Waals surface area contributed by atoms with Crippen LogP contribution in [-0.2, 0) is 32.7 Å². The van der Waals surface area contributed by atoms with Gasteiger partial charge in [0.05, 0.1) is 27.7 Å². The topological polar surface area (TPSA) is 108 Å². The number of rotatable bonds is 28. The van der Waals surface area contributed by atoms with E-state index in [1.807, 2.05) is 21.1 Å². The predicted molar refractivity (Wildman–Crippen MR) is 160 cm³/mol. The number of esters is 2. The molecule has 0 aliphatic rings. The van der Waals surface area contributed by atoms with Crippen LogP contribution in [0.4, 0.5) is 0 Å². The Balaban J connectivity index is 4.54. The normalized spacial score (nSPS) is 14.1. The predicted octanol–water partition coefficient (Wildman–Crippen LogP) is 7.34. The number of phosphoric acid groups is 1. The second-order valence-corrected chi connectivity index (χ2v) is 13.3. The minimum Gasteiger partial charge on any atom is -0.462 e. The molecule has 238 valence electrons. The molecule has 0 saturated heterocycles. The lowest BCUT2D eigenvalue weighted by Crippen LogP contribution is -2.37. The fraction of sp³-hybridized carbons (Fsp3) is 0.933. The summed E-state index contributed by atoms with van der Waals surface area (Å²) in [6.45, 7) is 4.32. The van der Waals surface area contributed by atoms with Crippen LogP contribution in [0.1, 0.15) is 129 Å². The second-order valence-electron chi connectivity index (χ2n) is 11.9. The van der Waals surface area contributed by atoms with Gasteiger partial charge in [0.1, 0.15) is 19.8 Å². The van der Waals surface area contributed by atoms with E-state index in [-0.39, 0.29) is 25.6 Å². The summed E-state index contributed by atoms with van der Waals surface area (Å²) >= 11 is 0. The van der Waals surface area contributed by atoms with E-state index in [1.54, 1.807) is 0 Å². The van der Waals surface area contributed by atoms with Crippen LogP contribution in [0.3, 0.4) is 0 Å². The molecule has 0 spiro atoms. The highest BCUT2D eigenvalue weighted by atomic mass is 31.2. The number of hydrogen-bond donors (Lipinski definition) is 1. The van der Waals surface area contributed by atoms with E-state index in [4.69, 9.17) is 18.5 Å². The van der Waals surface area contributed by atoms with E-state index >= 15 is 0 Å². The van der Waals surface area contributed by atoms with Gasteiger partial charge < -0.3 is 18.9 Å². The Morgan fingerprint density at radius 3 is 1.60 bits per heavy atom. The van der Waals surface area contributed by atoms with Crippen LogP contribution < -0.4 is 0 Å². The van der Waals surface area contributed by atoms with Crippen LogP contribution in [0.15, 0.2) is 0 Å². The summed E-state index contributed by atoms with van der Waals surface area (Å²) in [7, 11) is 1.48. The highest BCUT2D eigenvalue weighted by molar-refractivity contribution is 7.47. The molecule has 40 heavy (non-hydrogen) atoms. The molecule has 0 amide bonds. The number of unbranched alkanes of at least 4 members (excludes halogenated alkanes) is 14. The summed E-state index contributed by atoms with van der Waals surface area (Å²) in [5.41, 5.74) is 0. The van der Waals surface area contributed by atoms with Gasteiger partial charge >= 0.3 is 19.8 Å². The van der Waals surface area contributed by atoms with Gasteiger partial charge in [-0.25, -0.2) is 4.57 Å². The van der Waals surface area contributed by atoms with E-state index < -0.39 is 26.5 Å². The first-order valence-electron chi connectivity index (χ1n) is 15.8. The van der Waals surface area contributed by atoms with Gasteiger partial charge in [0.25, 0.3) is 0 Å². The maximum atomic E-state index is 12.4. The van der Waals surface area contributed by atoms with Crippen molar-refractivity contribution in [2.45, 2.75) is 136 Å². The Morgan fingerprint density at radius 2 is 1.12 bits per heavy atom. The monoisotopic (exact) mass is 594 g/mol. The molecule has 0 radical (unpaired) electrons. The maximum Gasteiger partial charge on any atom is 0.472 e. The van der Waals surface area contributed by atoms with Gasteiger partial charge in [-0.2, -0.15) is 0 Å². The van der Waals surface area contributed by atoms with E-state index in [0.717, 1.165) is 32.1 Å². The lowest BCUT2D eigenvalue weighted by molar-refractivity contribution is -0.870. The van der Waals surface area contributed by atoms with Crippen molar-refractivity contribution < 1.29 is 42.1 Å². The molecule has 0 fully saturated rings. The van der Waals surface area contributed by atoms with Crippen molar-refractivity contribution in [3.8, 4) is 0 Å². The summed E-state index contributed by atoms with van der Waals surface area (Å²) in [5, 5.41) is 0. The van der Waals surface area contributed by atoms with Gasteiger partial charge in [-0.3, -0.25) is 18.6 Å². The Hall–Kier alpha value is -0.990. The summed E-state index contributed by atoms with van der Waals surface area (Å²) in [6, 6.07) is 0. The first kappa shape index (κ1) is 39.0. The molecule has 0 saturated carbocycles. The van der Waals surface area contributed by atoms with Gasteiger partial charge in [-0.15, -0.1) is 0 Å². The lowest BCUT2D eigenvalue weighted by Gasteiger charge is -2.24. The van der Waals surface area contributed by atoms with Crippen LogP contribution in [0, 0.1) is 0 Å². The van der Waals surface area contributed by atoms with Crippen molar-refractivity contribution in [3.63, 3.8) is 0 Å². The molecular weight excluding hydrogens is 533 g/mol. The number of likely N-dealkylation sites (N-methyl/N-ethyl adjacent to an activating group) is 1. The largest absolute Gasteiger partial charge is 0.472 e. The molecule has 0 aliphatic heterocycles. The summed E-state index contributed by atoms with van der Waals surface area (Å²) < 4.78 is 33.8. The number of carbonyl (C=O) groups excluding carboxylic acids is 2. The molecule has 0 bridgehead atoms. The molecule has 9 nitrogen and oxygen atoms in total. The van der Waals surface area contributed by atoms with Gasteiger partial charge in [0, 0.05) is 12.8 Å². The van der Waals surface area contributed by atoms with E-state index in [0.29, 0.717) is 23.9 Å². The molecule has 10 heteroatoms. The number of nitrogens with zero attached hydrogens (tertiary/aromatic N) is 1. The smallest absolute Gasteiger partial charge is 0.462 e. The van der Waals surface area contributed by atoms with E-state index in [9.17, 15) is 19.0 Å². The highest BCUT2D eigenvalue weighted by Crippen LogP contribution is 2.43. The van der Waals surface area contributed by atoms with E-state index in [2.05, 4.69) is 13.8 Å². The zero-order valence-corrected chi connectivity index (χ0v) is 27.2. The minimum atomic E-state index is -4.34. The Kier molecular flexibility index (Phi) is 24.0. The first-order valence-corrected chi connectivity index (χ1v) is 17.3. The molecule has 2 atom stereocenters. The maximum absolute atomic E-state index is 12.4. The SMILES string of the molecule is CCCCCCCCCCC(=O)OCC(COP(=O)(O)OCC[N+](C)(C)C)OC(=O)CCCCCCCCCC. The third kappa shape index (κ3) is 27.2. The highest BCUT2D eigenvalue weighted by Gasteiger charge is 2.27. The molecule has 0 rings (SSSR count). The number of quaternary nitrogens is 1. The van der Waals surface area contributed by atoms with Gasteiger partial charge in [0.15, 0.2) is 6.10 Å². The Labute approximate surface area is 244 Å². The Bertz CT molecular complexity index is 683. The summed E-state index contributed by atoms with van der Waals surface area (Å²) in [4.78, 5) is 34.7. The number of phosphoric ester groups is 1. The summed E-state index contributed by atoms with van der Waals surface area (Å²) in [6.07, 6.45) is 17.4. The van der Waals surface area contributed by atoms with Crippen molar-refractivity contribution in [2.24, 2.45) is 0 Å². The van der Waals surface area contributed by atoms with Crippen molar-refractivity contribution in [1.82, 2.24) is 0 Å². The zero-order valence-electron chi connectivity index (χ0n) is 26.3. The van der Waals surface area contributed by atoms with Gasteiger partial charge in [-0.05, 0) is 12.8 Å². The lowest BCUT2D eigenvalue weighted by atomic mass is 10.1. The number of hydrogen-bond acceptors (Lipinski definition) is 7. The third-order valence-corrected chi connectivity index (χ3v) is 7.62. The molecule has 0 aromatic heterocycles. The van der Waals surface area contributed by atoms with Crippen molar-refractivity contribution in [3.05, 3.63) is 0 Å². The fourth-order valence-electron chi connectivity index (χ4n) is 4.07. The van der Waals surface area contributed by atoms with Crippen molar-refractivity contribution in [2.75, 3.05) is 47.5 Å². The molecule has 0 aromatic rings. The average Bonchev–Trinajstić information content (AvgIpc) is 2.88. The van der Waals surface area contributed by atoms with Gasteiger partial charge in [-0.1, -0.05) is 104 Å². The van der Waals surface area contributed by atoms with E-state index in [1.165, 1.54) is 64.2 Å². The van der Waals surface area contributed by atoms with Crippen LogP contribution in [-0.4, -0.2) is 74.9 Å². The molecular formula is C30H61NO8P+. The zero-order chi connectivity index (χ0) is 30.1. The standard InChI is InChI=1S/C30H60NO8P/c1-6-8-10-12-14-16-18-20-22-29(32)36-26-28(27-38-40(34,35)37-25-24-31(3,4)5)39-30(33)23-21-19-17-15-13-11-9-7-2/h28H,6-27H2,1-5H3/p+1. The fourth-order valence-corrected chi connectivity index (χ4v) is 4.81. The molecule has 1 N–H and O–H groups in total. The van der Waals surface area contributed by atoms with Crippen LogP contribution >= 0.6 is 7.82 Å². The van der Waals surface area contributed by atoms with Gasteiger partial charge in [0.2, 0.25) is 0 Å². The van der Waals surface area contributed by atoms with Crippen molar-refractivity contribution >= 4 is 19.8 Å². The second kappa shape index (κ2) is 24.6. The minimum absolute atomic E-state index is 0.0355. The molecule has 2 unspecified atom stereocenters. The van der Waals surface area contributed by atoms with Crippen LogP contribution in [0.5, 0.6) is 0 Å². The van der Waals surface area contributed by atoms with Crippen molar-refractivity contribution in [1.29, 1.82) is 0 Å². The number of ether oxygens (including phenoxy) is 2. The molecule has 0 heterocycles. The average molecular weight is 595 g/mol. The Morgan fingerprint density at radius 1 is 0.675 bits per heavy atom. The summed E-state index contributed by atoms with van der Waals surface area (Å²) in [5.74, 6) is -0.807. The molecule has 0 aliphatic carbocycles. The quantitative estimate of drug-likeness (QED) is 0.0434.